The van der Waals surface area contributed by atoms with Crippen LogP contribution in [0, 0.1) is 11.3 Å². The molecule has 1 aromatic carbocycles. The monoisotopic (exact) mass is 430 g/mol. The van der Waals surface area contributed by atoms with Gasteiger partial charge in [0.05, 0.1) is 5.39 Å². The molecule has 3 aliphatic rings. The van der Waals surface area contributed by atoms with Crippen molar-refractivity contribution in [2.75, 3.05) is 25.0 Å². The number of aryl methyl sites for hydroxylation is 2. The molecule has 3 heterocycles. The third-order valence-corrected chi connectivity index (χ3v) is 8.57. The Morgan fingerprint density at radius 2 is 1.97 bits per heavy atom. The van der Waals surface area contributed by atoms with Crippen molar-refractivity contribution in [3.8, 4) is 0 Å². The number of benzene rings is 1. The van der Waals surface area contributed by atoms with Crippen LogP contribution in [0.1, 0.15) is 53.9 Å². The first-order chi connectivity index (χ1) is 15.3. The van der Waals surface area contributed by atoms with Gasteiger partial charge >= 0.3 is 0 Å². The topological polar surface area (TPSA) is 49.8 Å². The number of rotatable bonds is 6. The summed E-state index contributed by atoms with van der Waals surface area (Å²) >= 11 is 1.89. The predicted octanol–water partition coefficient (Wildman–Crippen LogP) is 5.54. The summed E-state index contributed by atoms with van der Waals surface area (Å²) < 4.78 is 0. The lowest BCUT2D eigenvalue weighted by Gasteiger charge is -2.29. The maximum absolute atomic E-state index is 5.05. The van der Waals surface area contributed by atoms with Gasteiger partial charge in [-0.05, 0) is 74.6 Å². The van der Waals surface area contributed by atoms with E-state index >= 15 is 0 Å². The van der Waals surface area contributed by atoms with Crippen LogP contribution in [-0.4, -0.2) is 29.6 Å². The highest BCUT2D eigenvalue weighted by Crippen LogP contribution is 2.49. The Morgan fingerprint density at radius 3 is 2.77 bits per heavy atom. The van der Waals surface area contributed by atoms with Gasteiger partial charge in [0.1, 0.15) is 10.6 Å². The van der Waals surface area contributed by atoms with Crippen molar-refractivity contribution in [3.05, 3.63) is 52.2 Å². The summed E-state index contributed by atoms with van der Waals surface area (Å²) in [5, 5.41) is 8.77. The molecule has 0 spiro atoms. The second kappa shape index (κ2) is 8.03. The standard InChI is InChI=1S/C26H30N4S/c1-2-6-18(7-3-1)10-13-22-29-24(28-17-26(19-11-12-19)14-15-27-16-26)23-20-8-4-5-9-21(20)31-25(23)30-22/h1-3,6-7,10,13,19,27H,4-5,8-9,11-12,14-17H2,(H,28,29,30)/b13-10+. The summed E-state index contributed by atoms with van der Waals surface area (Å²) in [4.78, 5) is 12.7. The minimum atomic E-state index is 0.396. The molecule has 0 radical (unpaired) electrons. The van der Waals surface area contributed by atoms with Crippen LogP contribution in [0.5, 0.6) is 0 Å². The summed E-state index contributed by atoms with van der Waals surface area (Å²) in [5.74, 6) is 2.74. The maximum Gasteiger partial charge on any atom is 0.155 e. The predicted molar refractivity (Wildman–Crippen MR) is 131 cm³/mol. The van der Waals surface area contributed by atoms with Crippen LogP contribution in [0.2, 0.25) is 0 Å². The molecule has 1 atom stereocenters. The molecule has 2 fully saturated rings. The molecule has 1 saturated heterocycles. The van der Waals surface area contributed by atoms with Gasteiger partial charge in [-0.1, -0.05) is 36.4 Å². The lowest BCUT2D eigenvalue weighted by atomic mass is 9.81. The van der Waals surface area contributed by atoms with Crippen molar-refractivity contribution < 1.29 is 0 Å². The molecule has 1 aliphatic heterocycles. The van der Waals surface area contributed by atoms with Gasteiger partial charge in [-0.15, -0.1) is 11.3 Å². The molecular weight excluding hydrogens is 400 g/mol. The van der Waals surface area contributed by atoms with Crippen molar-refractivity contribution in [3.63, 3.8) is 0 Å². The molecule has 1 unspecified atom stereocenters. The minimum absolute atomic E-state index is 0.396. The van der Waals surface area contributed by atoms with Crippen LogP contribution in [-0.2, 0) is 12.8 Å². The van der Waals surface area contributed by atoms with E-state index in [1.165, 1.54) is 66.3 Å². The highest BCUT2D eigenvalue weighted by Gasteiger charge is 2.46. The number of hydrogen-bond donors (Lipinski definition) is 2. The van der Waals surface area contributed by atoms with Gasteiger partial charge in [-0.3, -0.25) is 0 Å². The lowest BCUT2D eigenvalue weighted by molar-refractivity contribution is 0.293. The second-order valence-corrected chi connectivity index (χ2v) is 10.6. The fourth-order valence-corrected chi connectivity index (χ4v) is 6.74. The van der Waals surface area contributed by atoms with Gasteiger partial charge in [0.2, 0.25) is 0 Å². The second-order valence-electron chi connectivity index (χ2n) is 9.48. The summed E-state index contributed by atoms with van der Waals surface area (Å²) in [6, 6.07) is 10.4. The first kappa shape index (κ1) is 19.4. The van der Waals surface area contributed by atoms with E-state index in [0.29, 0.717) is 5.41 Å². The Labute approximate surface area is 188 Å². The van der Waals surface area contributed by atoms with Gasteiger partial charge < -0.3 is 10.6 Å². The maximum atomic E-state index is 5.05. The van der Waals surface area contributed by atoms with Crippen molar-refractivity contribution in [2.45, 2.75) is 44.9 Å². The molecule has 160 valence electrons. The molecule has 5 heteroatoms. The zero-order chi connectivity index (χ0) is 20.7. The van der Waals surface area contributed by atoms with E-state index in [0.717, 1.165) is 42.0 Å². The van der Waals surface area contributed by atoms with Crippen LogP contribution in [0.25, 0.3) is 22.4 Å². The minimum Gasteiger partial charge on any atom is -0.369 e. The van der Waals surface area contributed by atoms with Crippen molar-refractivity contribution in [1.82, 2.24) is 15.3 Å². The van der Waals surface area contributed by atoms with E-state index in [4.69, 9.17) is 9.97 Å². The number of nitrogens with one attached hydrogen (secondary N) is 2. The third kappa shape index (κ3) is 3.79. The molecule has 2 aliphatic carbocycles. The zero-order valence-corrected chi connectivity index (χ0v) is 18.8. The van der Waals surface area contributed by atoms with Crippen molar-refractivity contribution in [1.29, 1.82) is 0 Å². The smallest absolute Gasteiger partial charge is 0.155 e. The quantitative estimate of drug-likeness (QED) is 0.539. The van der Waals surface area contributed by atoms with Gasteiger partial charge in [0.25, 0.3) is 0 Å². The van der Waals surface area contributed by atoms with E-state index < -0.39 is 0 Å². The average Bonchev–Trinajstić information content (AvgIpc) is 3.44. The Kier molecular flexibility index (Phi) is 5.04. The molecular formula is C26H30N4S. The SMILES string of the molecule is C(=C\c1nc(NCC2(C3CC3)CCNC2)c2c3c(sc2n1)CCCC3)/c1ccccc1. The number of nitrogens with zero attached hydrogens (tertiary/aromatic N) is 2. The first-order valence-corrected chi connectivity index (χ1v) is 12.6. The summed E-state index contributed by atoms with van der Waals surface area (Å²) in [7, 11) is 0. The van der Waals surface area contributed by atoms with Crippen LogP contribution in [0.4, 0.5) is 5.82 Å². The summed E-state index contributed by atoms with van der Waals surface area (Å²) in [6.45, 7) is 3.31. The lowest BCUT2D eigenvalue weighted by Crippen LogP contribution is -2.34. The zero-order valence-electron chi connectivity index (χ0n) is 18.0. The van der Waals surface area contributed by atoms with Crippen LogP contribution >= 0.6 is 11.3 Å². The third-order valence-electron chi connectivity index (χ3n) is 7.38. The van der Waals surface area contributed by atoms with E-state index in [2.05, 4.69) is 47.1 Å². The Morgan fingerprint density at radius 1 is 1.10 bits per heavy atom. The number of thiophene rings is 1. The van der Waals surface area contributed by atoms with Gasteiger partial charge in [-0.25, -0.2) is 9.97 Å². The normalized spacial score (nSPS) is 23.5. The Balaban J connectivity index is 1.37. The molecule has 4 nitrogen and oxygen atoms in total. The fraction of sp³-hybridized carbons (Fsp3) is 0.462. The molecule has 31 heavy (non-hydrogen) atoms. The summed E-state index contributed by atoms with van der Waals surface area (Å²) in [6.07, 6.45) is 13.2. The van der Waals surface area contributed by atoms with Crippen LogP contribution < -0.4 is 10.6 Å². The van der Waals surface area contributed by atoms with Crippen LogP contribution in [0.15, 0.2) is 30.3 Å². The highest BCUT2D eigenvalue weighted by atomic mass is 32.1. The molecule has 3 aromatic rings. The Hall–Kier alpha value is -2.24. The van der Waals surface area contributed by atoms with Crippen LogP contribution in [0.3, 0.4) is 0 Å². The molecule has 6 rings (SSSR count). The van der Waals surface area contributed by atoms with Crippen molar-refractivity contribution in [2.24, 2.45) is 11.3 Å². The number of hydrogen-bond acceptors (Lipinski definition) is 5. The largest absolute Gasteiger partial charge is 0.369 e. The van der Waals surface area contributed by atoms with Gasteiger partial charge in [-0.2, -0.15) is 0 Å². The van der Waals surface area contributed by atoms with E-state index in [1.807, 2.05) is 17.4 Å². The number of fused-ring (bicyclic) bond motifs is 3. The van der Waals surface area contributed by atoms with Gasteiger partial charge in [0, 0.05) is 23.4 Å². The summed E-state index contributed by atoms with van der Waals surface area (Å²) in [5.41, 5.74) is 3.08. The number of aromatic nitrogens is 2. The van der Waals surface area contributed by atoms with Gasteiger partial charge in [0.15, 0.2) is 5.82 Å². The average molecular weight is 431 g/mol. The molecule has 2 N–H and O–H groups in total. The van der Waals surface area contributed by atoms with E-state index in [9.17, 15) is 0 Å². The fourth-order valence-electron chi connectivity index (χ4n) is 5.47. The van der Waals surface area contributed by atoms with E-state index in [-0.39, 0.29) is 0 Å². The molecule has 1 saturated carbocycles. The molecule has 2 aromatic heterocycles. The molecule has 0 amide bonds. The number of anilines is 1. The van der Waals surface area contributed by atoms with E-state index in [1.54, 1.807) is 0 Å². The molecule has 0 bridgehead atoms. The first-order valence-electron chi connectivity index (χ1n) is 11.8. The van der Waals surface area contributed by atoms with Crippen molar-refractivity contribution >= 4 is 39.5 Å². The highest BCUT2D eigenvalue weighted by molar-refractivity contribution is 7.19. The Bertz CT molecular complexity index is 1110.